The molecule has 1 aliphatic heterocycles. The van der Waals surface area contributed by atoms with E-state index in [0.717, 1.165) is 0 Å². The Morgan fingerprint density at radius 3 is 2.60 bits per heavy atom. The number of methoxy groups -OCH3 is 1. The number of anilines is 1. The molecule has 4 rings (SSSR count). The fraction of sp³-hybridized carbons (Fsp3) is 0.417. The monoisotopic (exact) mass is 503 g/mol. The first kappa shape index (κ1) is 24.7. The van der Waals surface area contributed by atoms with Crippen LogP contribution in [0.3, 0.4) is 0 Å². The first-order valence-electron chi connectivity index (χ1n) is 11.2. The number of hydrogen-bond donors (Lipinski definition) is 1. The lowest BCUT2D eigenvalue weighted by molar-refractivity contribution is -0.149. The van der Waals surface area contributed by atoms with Crippen LogP contribution in [-0.4, -0.2) is 57.4 Å². The van der Waals surface area contributed by atoms with Gasteiger partial charge in [0.2, 0.25) is 0 Å². The zero-order valence-corrected chi connectivity index (χ0v) is 20.9. The van der Waals surface area contributed by atoms with Gasteiger partial charge in [0, 0.05) is 37.0 Å². The van der Waals surface area contributed by atoms with Crippen molar-refractivity contribution in [3.63, 3.8) is 0 Å². The molecule has 3 heterocycles. The molecule has 1 aromatic carbocycles. The highest BCUT2D eigenvalue weighted by Crippen LogP contribution is 2.41. The highest BCUT2D eigenvalue weighted by molar-refractivity contribution is 6.31. The van der Waals surface area contributed by atoms with E-state index in [0.29, 0.717) is 28.4 Å². The number of esters is 1. The number of rotatable bonds is 6. The van der Waals surface area contributed by atoms with E-state index in [1.54, 1.807) is 26.2 Å². The van der Waals surface area contributed by atoms with Crippen molar-refractivity contribution in [1.29, 1.82) is 0 Å². The van der Waals surface area contributed by atoms with E-state index in [9.17, 15) is 9.59 Å². The standard InChI is InChI=1S/C24H27ClFN5O4/c1-11(2)35-20-15(12(3)22-29-13(4)19-21(27)28-6-7-31(19)22)8-16(25)18(26)17(20)23(32)30-9-14(10-30)24(33)34-5/h6-8,11-12,14H,9-10H2,1-5H3,(H2,27,28). The topological polar surface area (TPSA) is 112 Å². The predicted molar refractivity (Wildman–Crippen MR) is 128 cm³/mol. The normalized spacial score (nSPS) is 14.8. The summed E-state index contributed by atoms with van der Waals surface area (Å²) in [6, 6.07) is 1.46. The van der Waals surface area contributed by atoms with Crippen LogP contribution in [0.5, 0.6) is 5.75 Å². The number of nitrogen functional groups attached to an aromatic ring is 1. The van der Waals surface area contributed by atoms with Crippen LogP contribution in [-0.2, 0) is 9.53 Å². The third-order valence-electron chi connectivity index (χ3n) is 6.11. The van der Waals surface area contributed by atoms with Gasteiger partial charge in [0.25, 0.3) is 5.91 Å². The minimum absolute atomic E-state index is 0.0948. The maximum atomic E-state index is 15.4. The van der Waals surface area contributed by atoms with Crippen LogP contribution in [0.2, 0.25) is 5.02 Å². The summed E-state index contributed by atoms with van der Waals surface area (Å²) in [5.41, 5.74) is 7.64. The molecule has 3 aromatic rings. The van der Waals surface area contributed by atoms with Crippen LogP contribution in [0.4, 0.5) is 10.2 Å². The Bertz CT molecular complexity index is 1320. The van der Waals surface area contributed by atoms with Gasteiger partial charge in [0.15, 0.2) is 5.82 Å². The first-order chi connectivity index (χ1) is 16.5. The molecular weight excluding hydrogens is 477 g/mol. The Morgan fingerprint density at radius 1 is 1.29 bits per heavy atom. The molecule has 1 unspecified atom stereocenters. The van der Waals surface area contributed by atoms with Crippen LogP contribution in [0, 0.1) is 18.7 Å². The molecule has 0 aliphatic carbocycles. The fourth-order valence-electron chi connectivity index (χ4n) is 4.34. The van der Waals surface area contributed by atoms with Crippen molar-refractivity contribution < 1.29 is 23.5 Å². The van der Waals surface area contributed by atoms with Crippen LogP contribution >= 0.6 is 11.6 Å². The second kappa shape index (κ2) is 9.33. The van der Waals surface area contributed by atoms with Gasteiger partial charge >= 0.3 is 5.97 Å². The number of benzene rings is 1. The number of hydrogen-bond acceptors (Lipinski definition) is 7. The molecular formula is C24H27ClFN5O4. The molecule has 35 heavy (non-hydrogen) atoms. The maximum absolute atomic E-state index is 15.4. The van der Waals surface area contributed by atoms with Gasteiger partial charge in [-0.25, -0.2) is 14.4 Å². The number of amides is 1. The first-order valence-corrected chi connectivity index (χ1v) is 11.6. The second-order valence-corrected chi connectivity index (χ2v) is 9.28. The summed E-state index contributed by atoms with van der Waals surface area (Å²) in [4.78, 5) is 35.3. The van der Waals surface area contributed by atoms with Crippen LogP contribution in [0.25, 0.3) is 5.52 Å². The average Bonchev–Trinajstić information content (AvgIpc) is 3.11. The number of nitrogens with zero attached hydrogens (tertiary/aromatic N) is 4. The Balaban J connectivity index is 1.83. The van der Waals surface area contributed by atoms with E-state index < -0.39 is 29.5 Å². The summed E-state index contributed by atoms with van der Waals surface area (Å²) in [6.45, 7) is 7.51. The number of nitrogens with two attached hydrogens (primary N) is 1. The van der Waals surface area contributed by atoms with Gasteiger partial charge in [-0.05, 0) is 26.8 Å². The number of likely N-dealkylation sites (tertiary alicyclic amines) is 1. The molecule has 0 spiro atoms. The van der Waals surface area contributed by atoms with Crippen LogP contribution in [0.1, 0.15) is 54.1 Å². The molecule has 1 atom stereocenters. The molecule has 11 heteroatoms. The molecule has 2 N–H and O–H groups in total. The molecule has 9 nitrogen and oxygen atoms in total. The molecule has 1 saturated heterocycles. The number of imidazole rings is 1. The summed E-state index contributed by atoms with van der Waals surface area (Å²) in [5, 5.41) is -0.213. The van der Waals surface area contributed by atoms with Crippen LogP contribution < -0.4 is 10.5 Å². The summed E-state index contributed by atoms with van der Waals surface area (Å²) < 4.78 is 27.9. The van der Waals surface area contributed by atoms with Gasteiger partial charge in [-0.2, -0.15) is 0 Å². The third-order valence-corrected chi connectivity index (χ3v) is 6.38. The van der Waals surface area contributed by atoms with Gasteiger partial charge in [0.05, 0.1) is 29.8 Å². The highest BCUT2D eigenvalue weighted by atomic mass is 35.5. The minimum atomic E-state index is -0.873. The minimum Gasteiger partial charge on any atom is -0.490 e. The quantitative estimate of drug-likeness (QED) is 0.511. The van der Waals surface area contributed by atoms with Gasteiger partial charge < -0.3 is 20.1 Å². The van der Waals surface area contributed by atoms with E-state index in [2.05, 4.69) is 9.97 Å². The van der Waals surface area contributed by atoms with Gasteiger partial charge in [-0.15, -0.1) is 0 Å². The smallest absolute Gasteiger partial charge is 0.312 e. The fourth-order valence-corrected chi connectivity index (χ4v) is 4.55. The number of carbonyl (C=O) groups excluding carboxylic acids is 2. The van der Waals surface area contributed by atoms with Crippen molar-refractivity contribution in [3.05, 3.63) is 51.9 Å². The Hall–Kier alpha value is -3.40. The van der Waals surface area contributed by atoms with Crippen LogP contribution in [0.15, 0.2) is 18.5 Å². The average molecular weight is 504 g/mol. The summed E-state index contributed by atoms with van der Waals surface area (Å²) in [6.07, 6.45) is 2.95. The second-order valence-electron chi connectivity index (χ2n) is 8.87. The van der Waals surface area contributed by atoms with Crippen molar-refractivity contribution in [2.45, 2.75) is 39.7 Å². The van der Waals surface area contributed by atoms with Gasteiger partial charge in [0.1, 0.15) is 28.5 Å². The zero-order valence-electron chi connectivity index (χ0n) is 20.1. The van der Waals surface area contributed by atoms with E-state index in [1.807, 2.05) is 18.2 Å². The van der Waals surface area contributed by atoms with E-state index >= 15 is 4.39 Å². The predicted octanol–water partition coefficient (Wildman–Crippen LogP) is 3.60. The SMILES string of the molecule is COC(=O)C1CN(C(=O)c2c(F)c(Cl)cc(C(C)c3nc(C)c4c(N)nccn34)c2OC(C)C)C1. The lowest BCUT2D eigenvalue weighted by Gasteiger charge is -2.38. The van der Waals surface area contributed by atoms with Crippen molar-refractivity contribution in [2.75, 3.05) is 25.9 Å². The Labute approximate surface area is 207 Å². The number of ether oxygens (including phenoxy) is 2. The van der Waals surface area contributed by atoms with Crippen molar-refractivity contribution >= 4 is 34.8 Å². The summed E-state index contributed by atoms with van der Waals surface area (Å²) in [7, 11) is 1.29. The number of aromatic nitrogens is 3. The molecule has 1 amide bonds. The Kier molecular flexibility index (Phi) is 6.59. The van der Waals surface area contributed by atoms with Gasteiger partial charge in [-0.3, -0.25) is 14.0 Å². The van der Waals surface area contributed by atoms with E-state index in [1.165, 1.54) is 18.1 Å². The molecule has 186 valence electrons. The molecule has 0 bridgehead atoms. The van der Waals surface area contributed by atoms with Gasteiger partial charge in [-0.1, -0.05) is 18.5 Å². The molecule has 0 radical (unpaired) electrons. The highest BCUT2D eigenvalue weighted by Gasteiger charge is 2.40. The summed E-state index contributed by atoms with van der Waals surface area (Å²) >= 11 is 6.29. The lowest BCUT2D eigenvalue weighted by Crippen LogP contribution is -2.53. The molecule has 2 aromatic heterocycles. The third kappa shape index (κ3) is 4.27. The zero-order chi connectivity index (χ0) is 25.6. The van der Waals surface area contributed by atoms with Crippen molar-refractivity contribution in [3.8, 4) is 5.75 Å². The number of fused-ring (bicyclic) bond motifs is 1. The van der Waals surface area contributed by atoms with Crippen molar-refractivity contribution in [2.24, 2.45) is 5.92 Å². The summed E-state index contributed by atoms with van der Waals surface area (Å²) in [5.74, 6) is -1.75. The van der Waals surface area contributed by atoms with E-state index in [4.69, 9.17) is 26.8 Å². The maximum Gasteiger partial charge on any atom is 0.312 e. The van der Waals surface area contributed by atoms with E-state index in [-0.39, 0.29) is 35.5 Å². The molecule has 0 saturated carbocycles. The number of aryl methyl sites for hydroxylation is 1. The Morgan fingerprint density at radius 2 is 1.97 bits per heavy atom. The largest absolute Gasteiger partial charge is 0.490 e. The lowest BCUT2D eigenvalue weighted by atomic mass is 9.93. The molecule has 1 fully saturated rings. The van der Waals surface area contributed by atoms with Crippen molar-refractivity contribution in [1.82, 2.24) is 19.3 Å². The number of halogens is 2. The molecule has 1 aliphatic rings. The number of carbonyl (C=O) groups is 2.